The maximum Gasteiger partial charge on any atom is 0.307 e. The highest BCUT2D eigenvalue weighted by molar-refractivity contribution is 8.76. The van der Waals surface area contributed by atoms with Gasteiger partial charge >= 0.3 is 11.9 Å². The van der Waals surface area contributed by atoms with Gasteiger partial charge in [-0.15, -0.1) is 0 Å². The van der Waals surface area contributed by atoms with E-state index in [9.17, 15) is 14.4 Å². The van der Waals surface area contributed by atoms with Gasteiger partial charge in [0.2, 0.25) is 0 Å². The van der Waals surface area contributed by atoms with Crippen molar-refractivity contribution in [3.05, 3.63) is 0 Å². The van der Waals surface area contributed by atoms with Gasteiger partial charge in [0.25, 0.3) is 0 Å². The second-order valence-electron chi connectivity index (χ2n) is 14.8. The molecule has 0 unspecified atom stereocenters. The Hall–Kier alpha value is -0.460. The number of carbonyl (C=O) groups excluding carboxylic acids is 3. The molecular formula is C35H69N3O5S3. The average Bonchev–Trinajstić information content (AvgIpc) is 2.97. The summed E-state index contributed by atoms with van der Waals surface area (Å²) < 4.78 is 10.8. The van der Waals surface area contributed by atoms with Crippen molar-refractivity contribution >= 4 is 52.4 Å². The SMILES string of the molecule is CC(C)(C)OC(=O)CC1(C=O)CCCCC1.CC(C)(C)OC(=O)CC1(CNCCCS)CCCCC1.NCCCSSCCCN. The Balaban J connectivity index is 0.000000699. The van der Waals surface area contributed by atoms with Crippen LogP contribution >= 0.6 is 34.2 Å². The van der Waals surface area contributed by atoms with Crippen LogP contribution < -0.4 is 16.8 Å². The highest BCUT2D eigenvalue weighted by Crippen LogP contribution is 2.40. The van der Waals surface area contributed by atoms with Crippen molar-refractivity contribution in [1.29, 1.82) is 0 Å². The van der Waals surface area contributed by atoms with E-state index >= 15 is 0 Å². The van der Waals surface area contributed by atoms with E-state index < -0.39 is 11.0 Å². The molecule has 0 radical (unpaired) electrons. The van der Waals surface area contributed by atoms with E-state index in [0.717, 1.165) is 96.0 Å². The number of ether oxygens (including phenoxy) is 2. The van der Waals surface area contributed by atoms with Gasteiger partial charge in [-0.2, -0.15) is 12.6 Å². The number of nitrogens with one attached hydrogen (secondary N) is 1. The lowest BCUT2D eigenvalue weighted by Gasteiger charge is -2.37. The minimum absolute atomic E-state index is 0.0459. The molecule has 0 aromatic carbocycles. The molecule has 46 heavy (non-hydrogen) atoms. The van der Waals surface area contributed by atoms with Crippen molar-refractivity contribution in [3.8, 4) is 0 Å². The second kappa shape index (κ2) is 25.5. The van der Waals surface area contributed by atoms with Gasteiger partial charge in [0.1, 0.15) is 17.5 Å². The van der Waals surface area contributed by atoms with Crippen LogP contribution in [0, 0.1) is 10.8 Å². The van der Waals surface area contributed by atoms with Crippen LogP contribution in [-0.2, 0) is 23.9 Å². The Kier molecular flexibility index (Phi) is 25.2. The van der Waals surface area contributed by atoms with Gasteiger partial charge in [-0.05, 0) is 117 Å². The van der Waals surface area contributed by atoms with E-state index in [4.69, 9.17) is 20.9 Å². The normalized spacial score (nSPS) is 17.4. The van der Waals surface area contributed by atoms with Crippen LogP contribution in [-0.4, -0.2) is 72.9 Å². The fourth-order valence-electron chi connectivity index (χ4n) is 5.62. The Morgan fingerprint density at radius 3 is 1.63 bits per heavy atom. The highest BCUT2D eigenvalue weighted by atomic mass is 33.1. The summed E-state index contributed by atoms with van der Waals surface area (Å²) >= 11 is 4.23. The summed E-state index contributed by atoms with van der Waals surface area (Å²) in [5.74, 6) is 2.96. The molecule has 2 saturated carbocycles. The van der Waals surface area contributed by atoms with Gasteiger partial charge < -0.3 is 31.1 Å². The fraction of sp³-hybridized carbons (Fsp3) is 0.914. The summed E-state index contributed by atoms with van der Waals surface area (Å²) in [4.78, 5) is 35.0. The van der Waals surface area contributed by atoms with Gasteiger partial charge in [0.05, 0.1) is 12.8 Å². The van der Waals surface area contributed by atoms with E-state index in [2.05, 4.69) is 17.9 Å². The van der Waals surface area contributed by atoms with Crippen molar-refractivity contribution in [2.24, 2.45) is 22.3 Å². The van der Waals surface area contributed by atoms with E-state index in [1.165, 1.54) is 37.2 Å². The molecule has 2 aliphatic rings. The second-order valence-corrected chi connectivity index (χ2v) is 18.0. The molecule has 0 aliphatic heterocycles. The monoisotopic (exact) mass is 707 g/mol. The molecule has 0 heterocycles. The number of nitrogens with two attached hydrogens (primary N) is 2. The molecule has 5 N–H and O–H groups in total. The summed E-state index contributed by atoms with van der Waals surface area (Å²) in [6.07, 6.45) is 16.0. The lowest BCUT2D eigenvalue weighted by molar-refractivity contribution is -0.160. The largest absolute Gasteiger partial charge is 0.460 e. The Morgan fingerprint density at radius 1 is 0.761 bits per heavy atom. The molecule has 8 nitrogen and oxygen atoms in total. The molecule has 2 fully saturated rings. The zero-order chi connectivity index (χ0) is 35.0. The van der Waals surface area contributed by atoms with Crippen molar-refractivity contribution in [3.63, 3.8) is 0 Å². The predicted molar refractivity (Wildman–Crippen MR) is 202 cm³/mol. The molecule has 2 rings (SSSR count). The summed E-state index contributed by atoms with van der Waals surface area (Å²) in [7, 11) is 3.80. The zero-order valence-electron chi connectivity index (χ0n) is 30.1. The number of hydrogen-bond donors (Lipinski definition) is 4. The van der Waals surface area contributed by atoms with Crippen molar-refractivity contribution < 1.29 is 23.9 Å². The van der Waals surface area contributed by atoms with Gasteiger partial charge in [0.15, 0.2) is 0 Å². The van der Waals surface area contributed by atoms with E-state index in [1.807, 2.05) is 63.1 Å². The van der Waals surface area contributed by atoms with Crippen LogP contribution in [0.1, 0.15) is 138 Å². The van der Waals surface area contributed by atoms with E-state index in [1.54, 1.807) is 0 Å². The average molecular weight is 708 g/mol. The van der Waals surface area contributed by atoms with Crippen molar-refractivity contribution in [2.75, 3.05) is 43.4 Å². The molecule has 0 bridgehead atoms. The minimum Gasteiger partial charge on any atom is -0.460 e. The third kappa shape index (κ3) is 24.6. The van der Waals surface area contributed by atoms with Crippen LogP contribution in [0.5, 0.6) is 0 Å². The highest BCUT2D eigenvalue weighted by Gasteiger charge is 2.36. The van der Waals surface area contributed by atoms with Crippen LogP contribution in [0.3, 0.4) is 0 Å². The Labute approximate surface area is 295 Å². The number of hydrogen-bond acceptors (Lipinski definition) is 11. The van der Waals surface area contributed by atoms with Gasteiger partial charge in [-0.3, -0.25) is 9.59 Å². The molecule has 272 valence electrons. The van der Waals surface area contributed by atoms with Crippen molar-refractivity contribution in [2.45, 2.75) is 149 Å². The number of rotatable bonds is 17. The lowest BCUT2D eigenvalue weighted by atomic mass is 9.71. The van der Waals surface area contributed by atoms with E-state index in [-0.39, 0.29) is 29.4 Å². The van der Waals surface area contributed by atoms with E-state index in [0.29, 0.717) is 6.42 Å². The first kappa shape index (κ1) is 45.5. The van der Waals surface area contributed by atoms with Gasteiger partial charge in [-0.25, -0.2) is 0 Å². The third-order valence-electron chi connectivity index (χ3n) is 7.83. The minimum atomic E-state index is -0.462. The quantitative estimate of drug-likeness (QED) is 0.0396. The number of thiol groups is 1. The maximum absolute atomic E-state index is 12.2. The van der Waals surface area contributed by atoms with Crippen LogP contribution in [0.25, 0.3) is 0 Å². The molecule has 0 aromatic heterocycles. The molecule has 11 heteroatoms. The molecular weight excluding hydrogens is 639 g/mol. The summed E-state index contributed by atoms with van der Waals surface area (Å²) in [6.45, 7) is 14.9. The molecule has 2 aliphatic carbocycles. The first-order valence-corrected chi connectivity index (χ1v) is 20.6. The predicted octanol–water partition coefficient (Wildman–Crippen LogP) is 7.51. The Morgan fingerprint density at radius 2 is 1.22 bits per heavy atom. The van der Waals surface area contributed by atoms with Crippen LogP contribution in [0.4, 0.5) is 0 Å². The Bertz CT molecular complexity index is 798. The third-order valence-corrected chi connectivity index (χ3v) is 10.7. The summed E-state index contributed by atoms with van der Waals surface area (Å²) in [6, 6.07) is 0. The molecule has 0 amide bonds. The lowest BCUT2D eigenvalue weighted by Crippen LogP contribution is -2.39. The fourth-order valence-corrected chi connectivity index (χ4v) is 8.00. The van der Waals surface area contributed by atoms with Crippen LogP contribution in [0.2, 0.25) is 0 Å². The molecule has 0 atom stereocenters. The zero-order valence-corrected chi connectivity index (χ0v) is 32.6. The topological polar surface area (TPSA) is 134 Å². The maximum atomic E-state index is 12.2. The standard InChI is InChI=1S/C16H31NO2S.C13H22O3.C6H16N2S2/c1-15(2,3)19-14(18)12-16(8-5-4-6-9-16)13-17-10-7-11-20;1-12(2,3)16-11(15)9-13(10-14)7-5-4-6-8-13;7-3-1-5-9-10-6-2-4-8/h17,20H,4-13H2,1-3H3;10H,4-9H2,1-3H3;1-8H2. The van der Waals surface area contributed by atoms with Crippen molar-refractivity contribution in [1.82, 2.24) is 5.32 Å². The van der Waals surface area contributed by atoms with Crippen LogP contribution in [0.15, 0.2) is 0 Å². The number of carbonyl (C=O) groups is 3. The molecule has 0 spiro atoms. The van der Waals surface area contributed by atoms with Gasteiger partial charge in [0, 0.05) is 23.5 Å². The number of aldehydes is 1. The summed E-state index contributed by atoms with van der Waals surface area (Å²) in [5, 5.41) is 3.51. The summed E-state index contributed by atoms with van der Waals surface area (Å²) in [5.41, 5.74) is 9.47. The molecule has 0 saturated heterocycles. The molecule has 0 aromatic rings. The smallest absolute Gasteiger partial charge is 0.307 e. The first-order chi connectivity index (χ1) is 21.7. The van der Waals surface area contributed by atoms with Gasteiger partial charge in [-0.1, -0.05) is 60.1 Å². The number of esters is 2. The first-order valence-electron chi connectivity index (χ1n) is 17.5.